The second-order valence-electron chi connectivity index (χ2n) is 9.80. The van der Waals surface area contributed by atoms with Gasteiger partial charge in [0.15, 0.2) is 0 Å². The maximum atomic E-state index is 13.7. The molecule has 7 nitrogen and oxygen atoms in total. The molecule has 2 unspecified atom stereocenters. The summed E-state index contributed by atoms with van der Waals surface area (Å²) in [5, 5.41) is 0. The fraction of sp³-hybridized carbons (Fsp3) is 0.290. The first-order chi connectivity index (χ1) is 18.6. The molecule has 1 amide bonds. The highest BCUT2D eigenvalue weighted by Gasteiger charge is 2.56. The van der Waals surface area contributed by atoms with E-state index in [9.17, 15) is 14.4 Å². The standard InChI is InChI=1S/C31H30N2O5/c34-21-28-31(29(35)37-22-25-12-6-2-7-13-25)16-17-33(30(36)38-23-26-14-8-3-9-15-26)27(18-31)20-32(28)19-24-10-4-1-5-11-24/h1-15,27H,16-20,22-23H2. The lowest BCUT2D eigenvalue weighted by Crippen LogP contribution is -2.62. The van der Waals surface area contributed by atoms with Gasteiger partial charge in [0, 0.05) is 19.6 Å². The number of hydrogen-bond donors (Lipinski definition) is 0. The minimum atomic E-state index is -1.18. The summed E-state index contributed by atoms with van der Waals surface area (Å²) in [5.41, 5.74) is 1.88. The van der Waals surface area contributed by atoms with Crippen LogP contribution in [-0.2, 0) is 38.8 Å². The fourth-order valence-corrected chi connectivity index (χ4v) is 5.43. The van der Waals surface area contributed by atoms with Crippen molar-refractivity contribution in [1.82, 2.24) is 9.80 Å². The van der Waals surface area contributed by atoms with E-state index in [2.05, 4.69) is 5.94 Å². The van der Waals surface area contributed by atoms with Crippen LogP contribution in [0.25, 0.3) is 0 Å². The van der Waals surface area contributed by atoms with E-state index in [1.165, 1.54) is 0 Å². The third-order valence-electron chi connectivity index (χ3n) is 7.36. The average Bonchev–Trinajstić information content (AvgIpc) is 2.96. The Morgan fingerprint density at radius 3 is 1.95 bits per heavy atom. The molecule has 0 aliphatic carbocycles. The average molecular weight is 511 g/mol. The molecular weight excluding hydrogens is 480 g/mol. The molecule has 0 radical (unpaired) electrons. The van der Waals surface area contributed by atoms with E-state index in [1.807, 2.05) is 95.9 Å². The minimum absolute atomic E-state index is 0.111. The lowest BCUT2D eigenvalue weighted by molar-refractivity contribution is -0.162. The first kappa shape index (κ1) is 25.3. The summed E-state index contributed by atoms with van der Waals surface area (Å²) >= 11 is 0. The molecule has 2 atom stereocenters. The van der Waals surface area contributed by atoms with Gasteiger partial charge < -0.3 is 19.3 Å². The zero-order chi connectivity index (χ0) is 26.4. The Labute approximate surface area is 222 Å². The number of hydrogen-bond acceptors (Lipinski definition) is 6. The zero-order valence-corrected chi connectivity index (χ0v) is 21.1. The predicted molar refractivity (Wildman–Crippen MR) is 141 cm³/mol. The molecule has 0 N–H and O–H groups in total. The van der Waals surface area contributed by atoms with Crippen LogP contribution in [-0.4, -0.2) is 46.9 Å². The Bertz CT molecular complexity index is 1310. The van der Waals surface area contributed by atoms with Crippen molar-refractivity contribution >= 4 is 18.0 Å². The maximum Gasteiger partial charge on any atom is 0.410 e. The van der Waals surface area contributed by atoms with Crippen molar-refractivity contribution in [2.45, 2.75) is 38.6 Å². The van der Waals surface area contributed by atoms with Gasteiger partial charge in [-0.3, -0.25) is 4.79 Å². The van der Waals surface area contributed by atoms with Crippen LogP contribution < -0.4 is 0 Å². The van der Waals surface area contributed by atoms with E-state index in [0.29, 0.717) is 18.8 Å². The highest BCUT2D eigenvalue weighted by atomic mass is 16.6. The van der Waals surface area contributed by atoms with E-state index in [-0.39, 0.29) is 38.6 Å². The fourth-order valence-electron chi connectivity index (χ4n) is 5.43. The van der Waals surface area contributed by atoms with Crippen molar-refractivity contribution in [2.75, 3.05) is 13.1 Å². The second-order valence-corrected chi connectivity index (χ2v) is 9.80. The number of carbonyl (C=O) groups excluding carboxylic acids is 3. The molecule has 3 aromatic rings. The summed E-state index contributed by atoms with van der Waals surface area (Å²) in [6.07, 6.45) is 0.118. The van der Waals surface area contributed by atoms with E-state index < -0.39 is 17.5 Å². The molecule has 2 heterocycles. The number of fused-ring (bicyclic) bond motifs is 2. The number of ether oxygens (including phenoxy) is 2. The zero-order valence-electron chi connectivity index (χ0n) is 21.1. The van der Waals surface area contributed by atoms with Gasteiger partial charge in [-0.05, 0) is 29.5 Å². The number of carbonyl (C=O) groups is 2. The number of rotatable bonds is 7. The van der Waals surface area contributed by atoms with Gasteiger partial charge >= 0.3 is 12.1 Å². The van der Waals surface area contributed by atoms with E-state index in [0.717, 1.165) is 16.7 Å². The number of esters is 1. The molecule has 38 heavy (non-hydrogen) atoms. The molecule has 2 fully saturated rings. The first-order valence-corrected chi connectivity index (χ1v) is 12.8. The normalized spacial score (nSPS) is 20.4. The highest BCUT2D eigenvalue weighted by Crippen LogP contribution is 2.47. The van der Waals surface area contributed by atoms with Gasteiger partial charge in [0.25, 0.3) is 0 Å². The summed E-state index contributed by atoms with van der Waals surface area (Å²) in [5.74, 6) is 1.64. The van der Waals surface area contributed by atoms with Crippen molar-refractivity contribution in [3.63, 3.8) is 0 Å². The number of nitrogens with zero attached hydrogens (tertiary/aromatic N) is 2. The third-order valence-corrected chi connectivity index (χ3v) is 7.36. The first-order valence-electron chi connectivity index (χ1n) is 12.8. The van der Waals surface area contributed by atoms with Gasteiger partial charge in [-0.25, -0.2) is 9.59 Å². The molecule has 0 spiro atoms. The lowest BCUT2D eigenvalue weighted by Gasteiger charge is -2.52. The Morgan fingerprint density at radius 2 is 1.37 bits per heavy atom. The van der Waals surface area contributed by atoms with E-state index >= 15 is 0 Å². The van der Waals surface area contributed by atoms with Gasteiger partial charge in [-0.2, -0.15) is 0 Å². The Kier molecular flexibility index (Phi) is 7.57. The third kappa shape index (κ3) is 5.34. The lowest BCUT2D eigenvalue weighted by atomic mass is 9.69. The number of amides is 1. The smallest absolute Gasteiger partial charge is 0.410 e. The molecule has 0 saturated carbocycles. The number of piperidine rings is 2. The molecule has 0 aromatic heterocycles. The molecule has 5 rings (SSSR count). The van der Waals surface area contributed by atoms with Gasteiger partial charge in [-0.15, -0.1) is 0 Å². The predicted octanol–water partition coefficient (Wildman–Crippen LogP) is 4.75. The Hall–Kier alpha value is -4.35. The van der Waals surface area contributed by atoms with Gasteiger partial charge in [0.1, 0.15) is 30.3 Å². The molecule has 2 aliphatic rings. The SMILES string of the molecule is O=C=C1N(Cc2ccccc2)CC2CC1(C(=O)OCc1ccccc1)CCN2C(=O)OCc1ccccc1. The van der Waals surface area contributed by atoms with Crippen LogP contribution in [0.2, 0.25) is 0 Å². The summed E-state index contributed by atoms with van der Waals surface area (Å²) < 4.78 is 11.4. The quantitative estimate of drug-likeness (QED) is 0.337. The Balaban J connectivity index is 1.38. The van der Waals surface area contributed by atoms with Crippen LogP contribution in [0.1, 0.15) is 29.5 Å². The molecule has 7 heteroatoms. The summed E-state index contributed by atoms with van der Waals surface area (Å²) in [6, 6.07) is 28.4. The van der Waals surface area contributed by atoms with Crippen LogP contribution in [0.3, 0.4) is 0 Å². The molecule has 2 bridgehead atoms. The van der Waals surface area contributed by atoms with Crippen molar-refractivity contribution < 1.29 is 23.9 Å². The van der Waals surface area contributed by atoms with Gasteiger partial charge in [0.05, 0.1) is 6.04 Å². The van der Waals surface area contributed by atoms with E-state index in [1.54, 1.807) is 4.90 Å². The van der Waals surface area contributed by atoms with Gasteiger partial charge in [-0.1, -0.05) is 91.0 Å². The largest absolute Gasteiger partial charge is 0.460 e. The van der Waals surface area contributed by atoms with Crippen molar-refractivity contribution in [3.05, 3.63) is 113 Å². The van der Waals surface area contributed by atoms with Crippen LogP contribution in [0, 0.1) is 5.41 Å². The molecule has 2 aliphatic heterocycles. The molecule has 194 valence electrons. The summed E-state index contributed by atoms with van der Waals surface area (Å²) in [7, 11) is 0. The number of benzene rings is 3. The maximum absolute atomic E-state index is 13.7. The van der Waals surface area contributed by atoms with Crippen LogP contribution in [0.15, 0.2) is 96.7 Å². The topological polar surface area (TPSA) is 76.2 Å². The van der Waals surface area contributed by atoms with Crippen LogP contribution >= 0.6 is 0 Å². The minimum Gasteiger partial charge on any atom is -0.460 e. The second kappa shape index (κ2) is 11.4. The summed E-state index contributed by atoms with van der Waals surface area (Å²) in [4.78, 5) is 42.8. The van der Waals surface area contributed by atoms with Crippen molar-refractivity contribution in [3.8, 4) is 0 Å². The monoisotopic (exact) mass is 510 g/mol. The summed E-state index contributed by atoms with van der Waals surface area (Å²) in [6.45, 7) is 1.37. The molecule has 2 saturated heterocycles. The van der Waals surface area contributed by atoms with E-state index in [4.69, 9.17) is 9.47 Å². The van der Waals surface area contributed by atoms with Gasteiger partial charge in [0.2, 0.25) is 0 Å². The van der Waals surface area contributed by atoms with Crippen LogP contribution in [0.5, 0.6) is 0 Å². The highest BCUT2D eigenvalue weighted by molar-refractivity contribution is 5.85. The van der Waals surface area contributed by atoms with Crippen molar-refractivity contribution in [2.24, 2.45) is 5.41 Å². The van der Waals surface area contributed by atoms with Crippen molar-refractivity contribution in [1.29, 1.82) is 0 Å². The van der Waals surface area contributed by atoms with Crippen LogP contribution in [0.4, 0.5) is 4.79 Å². The molecular formula is C31H30N2O5. The molecule has 3 aromatic carbocycles. The Morgan fingerprint density at radius 1 is 0.816 bits per heavy atom. The number of likely N-dealkylation sites (tertiary alicyclic amines) is 2.